The van der Waals surface area contributed by atoms with Gasteiger partial charge in [0, 0.05) is 19.6 Å². The minimum Gasteiger partial charge on any atom is -0.467 e. The van der Waals surface area contributed by atoms with E-state index in [9.17, 15) is 13.5 Å². The Morgan fingerprint density at radius 3 is 2.89 bits per heavy atom. The van der Waals surface area contributed by atoms with Gasteiger partial charge >= 0.3 is 0 Å². The molecule has 0 amide bonds. The second-order valence-corrected chi connectivity index (χ2v) is 5.95. The summed E-state index contributed by atoms with van der Waals surface area (Å²) in [5.74, 6) is 0.706. The number of ether oxygens (including phenoxy) is 1. The number of sulfonamides is 1. The predicted molar refractivity (Wildman–Crippen MR) is 70.1 cm³/mol. The van der Waals surface area contributed by atoms with Gasteiger partial charge in [-0.2, -0.15) is 0 Å². The number of hydrogen-bond donors (Lipinski definition) is 3. The van der Waals surface area contributed by atoms with Crippen molar-refractivity contribution in [2.45, 2.75) is 12.7 Å². The van der Waals surface area contributed by atoms with E-state index in [-0.39, 0.29) is 6.61 Å². The molecule has 0 fully saturated rings. The highest BCUT2D eigenvalue weighted by Gasteiger charge is 2.05. The molecule has 0 saturated heterocycles. The van der Waals surface area contributed by atoms with E-state index < -0.39 is 16.1 Å². The fourth-order valence-corrected chi connectivity index (χ4v) is 1.82. The lowest BCUT2D eigenvalue weighted by Gasteiger charge is -2.11. The fourth-order valence-electron chi connectivity index (χ4n) is 1.34. The van der Waals surface area contributed by atoms with Crippen LogP contribution in [0.4, 0.5) is 0 Å². The van der Waals surface area contributed by atoms with Crippen LogP contribution in [-0.2, 0) is 21.4 Å². The zero-order valence-electron chi connectivity index (χ0n) is 10.8. The molecule has 7 nitrogen and oxygen atoms in total. The van der Waals surface area contributed by atoms with Crippen molar-refractivity contribution in [1.29, 1.82) is 0 Å². The Balaban J connectivity index is 1.97. The zero-order chi connectivity index (χ0) is 14.1. The lowest BCUT2D eigenvalue weighted by Crippen LogP contribution is -2.36. The third kappa shape index (κ3) is 8.73. The molecule has 1 aromatic rings. The maximum absolute atomic E-state index is 10.8. The van der Waals surface area contributed by atoms with E-state index in [0.29, 0.717) is 32.0 Å². The molecule has 3 N–H and O–H groups in total. The first-order valence-corrected chi connectivity index (χ1v) is 7.80. The Hall–Kier alpha value is -0.930. The van der Waals surface area contributed by atoms with Crippen LogP contribution in [0.5, 0.6) is 0 Å². The summed E-state index contributed by atoms with van der Waals surface area (Å²) in [6.45, 7) is 1.58. The van der Waals surface area contributed by atoms with Gasteiger partial charge in [0.1, 0.15) is 12.4 Å². The molecular weight excluding hydrogens is 272 g/mol. The molecule has 0 bridgehead atoms. The molecule has 110 valence electrons. The molecule has 1 aromatic heterocycles. The molecule has 1 heterocycles. The molecule has 0 saturated carbocycles. The van der Waals surface area contributed by atoms with Crippen molar-refractivity contribution in [3.63, 3.8) is 0 Å². The van der Waals surface area contributed by atoms with Gasteiger partial charge in [-0.25, -0.2) is 13.1 Å². The van der Waals surface area contributed by atoms with Crippen LogP contribution in [0.2, 0.25) is 0 Å². The molecule has 0 aliphatic heterocycles. The van der Waals surface area contributed by atoms with Crippen LogP contribution < -0.4 is 10.0 Å². The minimum absolute atomic E-state index is 0.188. The van der Waals surface area contributed by atoms with Crippen LogP contribution in [0, 0.1) is 0 Å². The number of aliphatic hydroxyl groups excluding tert-OH is 1. The van der Waals surface area contributed by atoms with Crippen molar-refractivity contribution in [3.8, 4) is 0 Å². The van der Waals surface area contributed by atoms with Gasteiger partial charge in [0.05, 0.1) is 25.2 Å². The van der Waals surface area contributed by atoms with E-state index in [1.165, 1.54) is 0 Å². The average Bonchev–Trinajstić information content (AvgIpc) is 2.80. The summed E-state index contributed by atoms with van der Waals surface area (Å²) in [6, 6.07) is 3.56. The lowest BCUT2D eigenvalue weighted by atomic mass is 10.3. The second kappa shape index (κ2) is 8.28. The van der Waals surface area contributed by atoms with Gasteiger partial charge in [-0.05, 0) is 12.1 Å². The Labute approximate surface area is 113 Å². The molecule has 0 aliphatic carbocycles. The van der Waals surface area contributed by atoms with Crippen molar-refractivity contribution < 1.29 is 22.7 Å². The number of aliphatic hydroxyl groups is 1. The van der Waals surface area contributed by atoms with Crippen molar-refractivity contribution in [3.05, 3.63) is 24.2 Å². The monoisotopic (exact) mass is 292 g/mol. The normalized spacial score (nSPS) is 13.6. The van der Waals surface area contributed by atoms with Gasteiger partial charge in [0.25, 0.3) is 0 Å². The maximum atomic E-state index is 10.8. The Bertz CT molecular complexity index is 432. The smallest absolute Gasteiger partial charge is 0.208 e. The van der Waals surface area contributed by atoms with Gasteiger partial charge in [-0.3, -0.25) is 0 Å². The average molecular weight is 292 g/mol. The SMILES string of the molecule is CS(=O)(=O)NCCNCC(O)COCc1ccco1. The number of rotatable bonds is 10. The largest absolute Gasteiger partial charge is 0.467 e. The standard InChI is InChI=1S/C11H20N2O5S/c1-19(15,16)13-5-4-12-7-10(14)8-17-9-11-3-2-6-18-11/h2-3,6,10,12-14H,4-5,7-9H2,1H3. The van der Waals surface area contributed by atoms with Crippen molar-refractivity contribution in [1.82, 2.24) is 10.0 Å². The summed E-state index contributed by atoms with van der Waals surface area (Å²) < 4.78 is 34.2. The topological polar surface area (TPSA) is 101 Å². The van der Waals surface area contributed by atoms with Gasteiger partial charge in [0.15, 0.2) is 0 Å². The van der Waals surface area contributed by atoms with Crippen LogP contribution in [0.3, 0.4) is 0 Å². The van der Waals surface area contributed by atoms with E-state index in [2.05, 4.69) is 10.0 Å². The molecule has 0 radical (unpaired) electrons. The number of hydrogen-bond acceptors (Lipinski definition) is 6. The third-order valence-electron chi connectivity index (χ3n) is 2.18. The van der Waals surface area contributed by atoms with E-state index in [0.717, 1.165) is 6.26 Å². The minimum atomic E-state index is -3.15. The summed E-state index contributed by atoms with van der Waals surface area (Å²) in [6.07, 6.45) is 2.02. The maximum Gasteiger partial charge on any atom is 0.208 e. The molecule has 0 aliphatic rings. The van der Waals surface area contributed by atoms with Gasteiger partial charge in [0.2, 0.25) is 10.0 Å². The molecule has 1 rings (SSSR count). The Morgan fingerprint density at radius 1 is 1.47 bits per heavy atom. The third-order valence-corrected chi connectivity index (χ3v) is 2.91. The van der Waals surface area contributed by atoms with Crippen LogP contribution in [0.15, 0.2) is 22.8 Å². The van der Waals surface area contributed by atoms with Gasteiger partial charge in [-0.1, -0.05) is 0 Å². The van der Waals surface area contributed by atoms with Crippen molar-refractivity contribution in [2.75, 3.05) is 32.5 Å². The van der Waals surface area contributed by atoms with Crippen molar-refractivity contribution in [2.24, 2.45) is 0 Å². The van der Waals surface area contributed by atoms with E-state index in [4.69, 9.17) is 9.15 Å². The molecule has 1 unspecified atom stereocenters. The van der Waals surface area contributed by atoms with Gasteiger partial charge in [-0.15, -0.1) is 0 Å². The molecule has 8 heteroatoms. The molecular formula is C11H20N2O5S. The number of nitrogens with one attached hydrogen (secondary N) is 2. The molecule has 1 atom stereocenters. The summed E-state index contributed by atoms with van der Waals surface area (Å²) in [7, 11) is -3.15. The van der Waals surface area contributed by atoms with Crippen LogP contribution in [0.1, 0.15) is 5.76 Å². The second-order valence-electron chi connectivity index (χ2n) is 4.12. The Morgan fingerprint density at radius 2 is 2.26 bits per heavy atom. The quantitative estimate of drug-likeness (QED) is 0.493. The fraction of sp³-hybridized carbons (Fsp3) is 0.636. The van der Waals surface area contributed by atoms with Crippen LogP contribution in [0.25, 0.3) is 0 Å². The first-order chi connectivity index (χ1) is 8.97. The summed E-state index contributed by atoms with van der Waals surface area (Å²) in [4.78, 5) is 0. The van der Waals surface area contributed by atoms with E-state index in [1.54, 1.807) is 18.4 Å². The number of furan rings is 1. The van der Waals surface area contributed by atoms with E-state index >= 15 is 0 Å². The summed E-state index contributed by atoms with van der Waals surface area (Å²) in [5, 5.41) is 12.5. The van der Waals surface area contributed by atoms with Crippen LogP contribution >= 0.6 is 0 Å². The van der Waals surface area contributed by atoms with Crippen molar-refractivity contribution >= 4 is 10.0 Å². The molecule has 19 heavy (non-hydrogen) atoms. The zero-order valence-corrected chi connectivity index (χ0v) is 11.6. The predicted octanol–water partition coefficient (Wildman–Crippen LogP) is -0.704. The van der Waals surface area contributed by atoms with Gasteiger partial charge < -0.3 is 19.6 Å². The summed E-state index contributed by atoms with van der Waals surface area (Å²) in [5.41, 5.74) is 0. The lowest BCUT2D eigenvalue weighted by molar-refractivity contribution is 0.0228. The van der Waals surface area contributed by atoms with E-state index in [1.807, 2.05) is 0 Å². The molecule has 0 spiro atoms. The molecule has 0 aromatic carbocycles. The summed E-state index contributed by atoms with van der Waals surface area (Å²) >= 11 is 0. The first-order valence-electron chi connectivity index (χ1n) is 5.91. The highest BCUT2D eigenvalue weighted by molar-refractivity contribution is 7.88. The Kier molecular flexibility index (Phi) is 7.03. The highest BCUT2D eigenvalue weighted by atomic mass is 32.2. The first kappa shape index (κ1) is 16.1. The highest BCUT2D eigenvalue weighted by Crippen LogP contribution is 2.01. The van der Waals surface area contributed by atoms with Crippen LogP contribution in [-0.4, -0.2) is 52.1 Å².